The summed E-state index contributed by atoms with van der Waals surface area (Å²) in [7, 11) is 0.157. The highest BCUT2D eigenvalue weighted by Gasteiger charge is 2.47. The van der Waals surface area contributed by atoms with Crippen LogP contribution in [0, 0.1) is 11.8 Å². The lowest BCUT2D eigenvalue weighted by atomic mass is 9.63. The van der Waals surface area contributed by atoms with Crippen LogP contribution in [0.1, 0.15) is 32.1 Å². The zero-order chi connectivity index (χ0) is 8.67. The van der Waals surface area contributed by atoms with Crippen molar-refractivity contribution in [2.45, 2.75) is 37.9 Å². The summed E-state index contributed by atoms with van der Waals surface area (Å²) in [5.41, 5.74) is 0. The topological polar surface area (TPSA) is 18.5 Å². The predicted molar refractivity (Wildman–Crippen MR) is 51.5 cm³/mol. The molecule has 1 saturated heterocycles. The van der Waals surface area contributed by atoms with Crippen molar-refractivity contribution in [3.63, 3.8) is 0 Å². The van der Waals surface area contributed by atoms with Gasteiger partial charge in [0, 0.05) is 13.2 Å². The molecule has 0 aromatic carbocycles. The molecule has 3 aliphatic rings. The Morgan fingerprint density at radius 3 is 2.46 bits per heavy atom. The van der Waals surface area contributed by atoms with Crippen molar-refractivity contribution in [2.75, 3.05) is 13.2 Å². The van der Waals surface area contributed by atoms with Gasteiger partial charge in [-0.15, -0.1) is 0 Å². The lowest BCUT2D eigenvalue weighted by Gasteiger charge is -2.29. The summed E-state index contributed by atoms with van der Waals surface area (Å²) >= 11 is 0. The van der Waals surface area contributed by atoms with Crippen molar-refractivity contribution in [1.29, 1.82) is 0 Å². The second-order valence-electron chi connectivity index (χ2n) is 4.80. The van der Waals surface area contributed by atoms with Crippen LogP contribution in [0.4, 0.5) is 0 Å². The van der Waals surface area contributed by atoms with E-state index >= 15 is 0 Å². The van der Waals surface area contributed by atoms with E-state index in [1.54, 1.807) is 0 Å². The summed E-state index contributed by atoms with van der Waals surface area (Å²) in [5, 5.41) is 0. The van der Waals surface area contributed by atoms with Crippen LogP contribution in [0.2, 0.25) is 5.82 Å². The van der Waals surface area contributed by atoms with Gasteiger partial charge in [0.2, 0.25) is 0 Å². The first-order valence-corrected chi connectivity index (χ1v) is 5.66. The van der Waals surface area contributed by atoms with Gasteiger partial charge >= 0.3 is 7.12 Å². The molecule has 1 heterocycles. The molecule has 13 heavy (non-hydrogen) atoms. The molecule has 2 saturated carbocycles. The summed E-state index contributed by atoms with van der Waals surface area (Å²) in [6.45, 7) is 1.83. The smallest absolute Gasteiger partial charge is 0.411 e. The Labute approximate surface area is 80.1 Å². The maximum absolute atomic E-state index is 5.69. The fraction of sp³-hybridized carbons (Fsp3) is 1.00. The first kappa shape index (κ1) is 8.31. The van der Waals surface area contributed by atoms with E-state index in [0.29, 0.717) is 0 Å². The van der Waals surface area contributed by atoms with Crippen LogP contribution in [0.15, 0.2) is 0 Å². The van der Waals surface area contributed by atoms with Crippen LogP contribution >= 0.6 is 0 Å². The Bertz CT molecular complexity index is 191. The van der Waals surface area contributed by atoms with Crippen LogP contribution in [0.5, 0.6) is 0 Å². The van der Waals surface area contributed by atoms with E-state index in [2.05, 4.69) is 0 Å². The van der Waals surface area contributed by atoms with Gasteiger partial charge in [-0.3, -0.25) is 0 Å². The third-order valence-electron chi connectivity index (χ3n) is 4.00. The Kier molecular flexibility index (Phi) is 2.10. The standard InChI is InChI=1S/C10H17BO2/c1-4-12-11(13-5-1)10-7-8-2-3-9(10)6-8/h8-10H,1-7H2/t8-,9+,10+/m0/s1. The normalized spacial score (nSPS) is 44.3. The van der Waals surface area contributed by atoms with Gasteiger partial charge in [0.1, 0.15) is 0 Å². The Morgan fingerprint density at radius 1 is 1.00 bits per heavy atom. The van der Waals surface area contributed by atoms with E-state index in [0.717, 1.165) is 37.3 Å². The van der Waals surface area contributed by atoms with E-state index in [1.165, 1.54) is 25.7 Å². The Morgan fingerprint density at radius 2 is 1.85 bits per heavy atom. The molecular weight excluding hydrogens is 163 g/mol. The highest BCUT2D eigenvalue weighted by molar-refractivity contribution is 6.46. The van der Waals surface area contributed by atoms with Gasteiger partial charge < -0.3 is 9.31 Å². The zero-order valence-electron chi connectivity index (χ0n) is 8.08. The van der Waals surface area contributed by atoms with Crippen LogP contribution in [-0.2, 0) is 9.31 Å². The van der Waals surface area contributed by atoms with Crippen LogP contribution in [0.3, 0.4) is 0 Å². The minimum absolute atomic E-state index is 0.157. The maximum Gasteiger partial charge on any atom is 0.460 e. The number of fused-ring (bicyclic) bond motifs is 2. The van der Waals surface area contributed by atoms with Crippen molar-refractivity contribution in [3.8, 4) is 0 Å². The molecule has 0 aromatic rings. The van der Waals surface area contributed by atoms with Crippen molar-refractivity contribution in [2.24, 2.45) is 11.8 Å². The van der Waals surface area contributed by atoms with Gasteiger partial charge in [-0.05, 0) is 36.9 Å². The highest BCUT2D eigenvalue weighted by atomic mass is 16.6. The van der Waals surface area contributed by atoms with Crippen molar-refractivity contribution in [3.05, 3.63) is 0 Å². The fourth-order valence-electron chi connectivity index (χ4n) is 3.38. The molecule has 2 aliphatic carbocycles. The molecular formula is C10H17BO2. The Hall–Kier alpha value is -0.0151. The van der Waals surface area contributed by atoms with Crippen LogP contribution in [-0.4, -0.2) is 20.3 Å². The number of hydrogen-bond acceptors (Lipinski definition) is 2. The van der Waals surface area contributed by atoms with E-state index in [9.17, 15) is 0 Å². The maximum atomic E-state index is 5.69. The quantitative estimate of drug-likeness (QED) is 0.575. The molecule has 0 radical (unpaired) electrons. The van der Waals surface area contributed by atoms with Crippen molar-refractivity contribution >= 4 is 7.12 Å². The molecule has 0 N–H and O–H groups in total. The van der Waals surface area contributed by atoms with Gasteiger partial charge in [0.15, 0.2) is 0 Å². The predicted octanol–water partition coefficient (Wildman–Crippen LogP) is 2.10. The molecule has 0 unspecified atom stereocenters. The van der Waals surface area contributed by atoms with Gasteiger partial charge in [0.05, 0.1) is 0 Å². The molecule has 0 amide bonds. The zero-order valence-corrected chi connectivity index (χ0v) is 8.08. The van der Waals surface area contributed by atoms with E-state index < -0.39 is 0 Å². The second kappa shape index (κ2) is 3.28. The first-order chi connectivity index (χ1) is 6.43. The molecule has 0 aromatic heterocycles. The second-order valence-corrected chi connectivity index (χ2v) is 4.80. The minimum atomic E-state index is 0.157. The fourth-order valence-corrected chi connectivity index (χ4v) is 3.38. The molecule has 2 bridgehead atoms. The molecule has 0 spiro atoms. The average molecular weight is 180 g/mol. The SMILES string of the molecule is C1COB([C@@H]2C[C@H]3CC[C@@H]2C3)OC1. The third kappa shape index (κ3) is 1.42. The summed E-state index contributed by atoms with van der Waals surface area (Å²) in [4.78, 5) is 0. The third-order valence-corrected chi connectivity index (χ3v) is 4.00. The molecule has 2 nitrogen and oxygen atoms in total. The molecule has 3 atom stereocenters. The summed E-state index contributed by atoms with van der Waals surface area (Å²) in [6.07, 6.45) is 6.80. The molecule has 3 heteroatoms. The number of hydrogen-bond donors (Lipinski definition) is 0. The molecule has 72 valence electrons. The van der Waals surface area contributed by atoms with Gasteiger partial charge in [-0.1, -0.05) is 12.8 Å². The van der Waals surface area contributed by atoms with Crippen LogP contribution < -0.4 is 0 Å². The monoisotopic (exact) mass is 180 g/mol. The molecule has 3 fully saturated rings. The summed E-state index contributed by atoms with van der Waals surface area (Å²) < 4.78 is 11.4. The first-order valence-electron chi connectivity index (χ1n) is 5.66. The van der Waals surface area contributed by atoms with Crippen LogP contribution in [0.25, 0.3) is 0 Å². The number of rotatable bonds is 1. The van der Waals surface area contributed by atoms with E-state index in [1.807, 2.05) is 0 Å². The Balaban J connectivity index is 1.65. The van der Waals surface area contributed by atoms with E-state index in [4.69, 9.17) is 9.31 Å². The average Bonchev–Trinajstić information content (AvgIpc) is 2.80. The largest absolute Gasteiger partial charge is 0.460 e. The van der Waals surface area contributed by atoms with Gasteiger partial charge in [-0.2, -0.15) is 0 Å². The molecule has 3 rings (SSSR count). The lowest BCUT2D eigenvalue weighted by Crippen LogP contribution is -2.36. The summed E-state index contributed by atoms with van der Waals surface area (Å²) in [5.74, 6) is 2.66. The van der Waals surface area contributed by atoms with Gasteiger partial charge in [0.25, 0.3) is 0 Å². The highest BCUT2D eigenvalue weighted by Crippen LogP contribution is 2.53. The summed E-state index contributed by atoms with van der Waals surface area (Å²) in [6, 6.07) is 0. The minimum Gasteiger partial charge on any atom is -0.411 e. The van der Waals surface area contributed by atoms with E-state index in [-0.39, 0.29) is 7.12 Å². The van der Waals surface area contributed by atoms with Gasteiger partial charge in [-0.25, -0.2) is 0 Å². The lowest BCUT2D eigenvalue weighted by molar-refractivity contribution is 0.120. The van der Waals surface area contributed by atoms with Crippen molar-refractivity contribution < 1.29 is 9.31 Å². The van der Waals surface area contributed by atoms with Crippen molar-refractivity contribution in [1.82, 2.24) is 0 Å². The molecule has 1 aliphatic heterocycles.